The van der Waals surface area contributed by atoms with Gasteiger partial charge in [-0.3, -0.25) is 0 Å². The molecule has 1 saturated carbocycles. The summed E-state index contributed by atoms with van der Waals surface area (Å²) in [5, 5.41) is 0. The Morgan fingerprint density at radius 1 is 0.950 bits per heavy atom. The number of nitrogens with one attached hydrogen (secondary N) is 2. The lowest BCUT2D eigenvalue weighted by molar-refractivity contribution is -1.03. The van der Waals surface area contributed by atoms with Crippen LogP contribution in [0.3, 0.4) is 0 Å². The van der Waals surface area contributed by atoms with Crippen LogP contribution in [-0.2, 0) is 6.54 Å². The van der Waals surface area contributed by atoms with Gasteiger partial charge in [0.1, 0.15) is 32.7 Å². The van der Waals surface area contributed by atoms with Crippen molar-refractivity contribution < 1.29 is 9.80 Å². The van der Waals surface area contributed by atoms with Crippen LogP contribution >= 0.6 is 0 Å². The molecular formula is C18H30N2+2. The topological polar surface area (TPSA) is 8.88 Å². The lowest BCUT2D eigenvalue weighted by Gasteiger charge is -2.36. The number of piperazine rings is 1. The van der Waals surface area contributed by atoms with Crippen molar-refractivity contribution in [3.8, 4) is 0 Å². The Hall–Kier alpha value is -0.860. The van der Waals surface area contributed by atoms with E-state index < -0.39 is 0 Å². The first-order valence-electron chi connectivity index (χ1n) is 8.55. The maximum absolute atomic E-state index is 2.31. The molecule has 2 nitrogen and oxygen atoms in total. The highest BCUT2D eigenvalue weighted by Crippen LogP contribution is 2.15. The fraction of sp³-hybridized carbons (Fsp3) is 0.667. The van der Waals surface area contributed by atoms with Gasteiger partial charge < -0.3 is 9.80 Å². The Bertz CT molecular complexity index is 415. The lowest BCUT2D eigenvalue weighted by atomic mass is 9.94. The minimum atomic E-state index is 0.990. The van der Waals surface area contributed by atoms with Gasteiger partial charge in [-0.15, -0.1) is 0 Å². The Morgan fingerprint density at radius 2 is 1.65 bits per heavy atom. The first-order chi connectivity index (χ1) is 9.83. The molecule has 0 aromatic heterocycles. The standard InChI is InChI=1S/C18H28N2/c1-16-7-5-6-8-17(16)15-19-11-13-20(14-12-19)18-9-3-2-4-10-18/h5-8,18H,2-4,9-15H2,1H3/p+2. The third kappa shape index (κ3) is 3.42. The van der Waals surface area contributed by atoms with Crippen molar-refractivity contribution in [3.05, 3.63) is 35.4 Å². The largest absolute Gasteiger partial charge is 0.323 e. The fourth-order valence-corrected chi connectivity index (χ4v) is 4.10. The van der Waals surface area contributed by atoms with Crippen LogP contribution in [0, 0.1) is 6.92 Å². The molecule has 0 radical (unpaired) electrons. The predicted octanol–water partition coefficient (Wildman–Crippen LogP) is 0.611. The molecule has 1 saturated heterocycles. The Morgan fingerprint density at radius 3 is 2.35 bits per heavy atom. The summed E-state index contributed by atoms with van der Waals surface area (Å²) in [7, 11) is 0. The van der Waals surface area contributed by atoms with E-state index in [1.165, 1.54) is 70.4 Å². The lowest BCUT2D eigenvalue weighted by Crippen LogP contribution is -3.29. The molecule has 1 aromatic rings. The fourth-order valence-electron chi connectivity index (χ4n) is 4.10. The normalized spacial score (nSPS) is 28.4. The van der Waals surface area contributed by atoms with Crippen LogP contribution in [0.15, 0.2) is 24.3 Å². The number of rotatable bonds is 3. The van der Waals surface area contributed by atoms with Gasteiger partial charge in [-0.25, -0.2) is 0 Å². The van der Waals surface area contributed by atoms with E-state index in [-0.39, 0.29) is 0 Å². The molecule has 3 rings (SSSR count). The molecule has 2 heteroatoms. The van der Waals surface area contributed by atoms with Gasteiger partial charge in [-0.1, -0.05) is 30.7 Å². The second kappa shape index (κ2) is 6.73. The molecule has 1 aliphatic carbocycles. The number of quaternary nitrogens is 2. The van der Waals surface area contributed by atoms with Crippen molar-refractivity contribution in [2.24, 2.45) is 0 Å². The minimum Gasteiger partial charge on any atom is -0.323 e. The first kappa shape index (κ1) is 14.1. The molecule has 20 heavy (non-hydrogen) atoms. The third-order valence-corrected chi connectivity index (χ3v) is 5.48. The molecule has 2 aliphatic rings. The average molecular weight is 274 g/mol. The number of hydrogen-bond acceptors (Lipinski definition) is 0. The molecular weight excluding hydrogens is 244 g/mol. The van der Waals surface area contributed by atoms with E-state index in [4.69, 9.17) is 0 Å². The monoisotopic (exact) mass is 274 g/mol. The zero-order chi connectivity index (χ0) is 13.8. The van der Waals surface area contributed by atoms with Crippen LogP contribution in [0.5, 0.6) is 0 Å². The first-order valence-corrected chi connectivity index (χ1v) is 8.55. The van der Waals surface area contributed by atoms with Crippen LogP contribution < -0.4 is 9.80 Å². The second-order valence-corrected chi connectivity index (χ2v) is 6.85. The zero-order valence-corrected chi connectivity index (χ0v) is 13.0. The van der Waals surface area contributed by atoms with E-state index in [9.17, 15) is 0 Å². The van der Waals surface area contributed by atoms with Crippen LogP contribution in [0.4, 0.5) is 0 Å². The molecule has 1 aromatic carbocycles. The summed E-state index contributed by atoms with van der Waals surface area (Å²) < 4.78 is 0. The van der Waals surface area contributed by atoms with E-state index in [2.05, 4.69) is 31.2 Å². The van der Waals surface area contributed by atoms with Gasteiger partial charge >= 0.3 is 0 Å². The Balaban J connectivity index is 1.50. The molecule has 1 aliphatic heterocycles. The number of benzene rings is 1. The van der Waals surface area contributed by atoms with Gasteiger partial charge in [0.15, 0.2) is 0 Å². The van der Waals surface area contributed by atoms with E-state index in [0.29, 0.717) is 0 Å². The molecule has 110 valence electrons. The average Bonchev–Trinajstić information content (AvgIpc) is 2.51. The van der Waals surface area contributed by atoms with Crippen molar-refractivity contribution in [2.75, 3.05) is 26.2 Å². The van der Waals surface area contributed by atoms with E-state index >= 15 is 0 Å². The summed E-state index contributed by atoms with van der Waals surface area (Å²) in [6, 6.07) is 9.88. The third-order valence-electron chi connectivity index (χ3n) is 5.48. The SMILES string of the molecule is Cc1ccccc1C[NH+]1CC[NH+](C2CCCCC2)CC1. The highest BCUT2D eigenvalue weighted by atomic mass is 15.3. The highest BCUT2D eigenvalue weighted by Gasteiger charge is 2.30. The van der Waals surface area contributed by atoms with Crippen LogP contribution in [0.25, 0.3) is 0 Å². The molecule has 0 amide bonds. The summed E-state index contributed by atoms with van der Waals surface area (Å²) in [5.74, 6) is 0. The van der Waals surface area contributed by atoms with E-state index in [1.54, 1.807) is 10.5 Å². The van der Waals surface area contributed by atoms with Gasteiger partial charge in [-0.05, 0) is 38.2 Å². The maximum Gasteiger partial charge on any atom is 0.127 e. The van der Waals surface area contributed by atoms with E-state index in [1.807, 2.05) is 4.90 Å². The summed E-state index contributed by atoms with van der Waals surface area (Å²) >= 11 is 0. The summed E-state index contributed by atoms with van der Waals surface area (Å²) in [4.78, 5) is 3.71. The molecule has 0 unspecified atom stereocenters. The highest BCUT2D eigenvalue weighted by molar-refractivity contribution is 5.24. The zero-order valence-electron chi connectivity index (χ0n) is 13.0. The van der Waals surface area contributed by atoms with Crippen LogP contribution in [0.1, 0.15) is 43.2 Å². The molecule has 2 N–H and O–H groups in total. The van der Waals surface area contributed by atoms with Gasteiger partial charge in [-0.2, -0.15) is 0 Å². The van der Waals surface area contributed by atoms with Crippen molar-refractivity contribution in [1.82, 2.24) is 0 Å². The van der Waals surface area contributed by atoms with Crippen molar-refractivity contribution in [3.63, 3.8) is 0 Å². The number of aryl methyl sites for hydroxylation is 1. The van der Waals surface area contributed by atoms with E-state index in [0.717, 1.165) is 6.04 Å². The minimum absolute atomic E-state index is 0.990. The van der Waals surface area contributed by atoms with Gasteiger partial charge in [0.05, 0.1) is 6.04 Å². The second-order valence-electron chi connectivity index (χ2n) is 6.85. The van der Waals surface area contributed by atoms with Crippen molar-refractivity contribution in [2.45, 2.75) is 51.6 Å². The maximum atomic E-state index is 2.31. The van der Waals surface area contributed by atoms with Crippen LogP contribution in [0.2, 0.25) is 0 Å². The van der Waals surface area contributed by atoms with Crippen molar-refractivity contribution in [1.29, 1.82) is 0 Å². The van der Waals surface area contributed by atoms with Crippen LogP contribution in [-0.4, -0.2) is 32.2 Å². The summed E-state index contributed by atoms with van der Waals surface area (Å²) in [5.41, 5.74) is 3.01. The molecule has 0 bridgehead atoms. The molecule has 1 heterocycles. The summed E-state index contributed by atoms with van der Waals surface area (Å²) in [6.07, 6.45) is 7.42. The van der Waals surface area contributed by atoms with Gasteiger partial charge in [0.25, 0.3) is 0 Å². The molecule has 2 fully saturated rings. The predicted molar refractivity (Wildman–Crippen MR) is 83.1 cm³/mol. The molecule has 0 spiro atoms. The van der Waals surface area contributed by atoms with Crippen molar-refractivity contribution >= 4 is 0 Å². The number of hydrogen-bond donors (Lipinski definition) is 2. The quantitative estimate of drug-likeness (QED) is 0.799. The van der Waals surface area contributed by atoms with Gasteiger partial charge in [0, 0.05) is 5.56 Å². The van der Waals surface area contributed by atoms with Gasteiger partial charge in [0.2, 0.25) is 0 Å². The summed E-state index contributed by atoms with van der Waals surface area (Å²) in [6.45, 7) is 8.99. The molecule has 0 atom stereocenters. The smallest absolute Gasteiger partial charge is 0.127 e. The Labute approximate surface area is 123 Å². The Kier molecular flexibility index (Phi) is 4.74.